The van der Waals surface area contributed by atoms with Crippen LogP contribution in [0.25, 0.3) is 0 Å². The monoisotopic (exact) mass is 212 g/mol. The number of hydrogen-bond donors (Lipinski definition) is 1. The molecule has 1 aliphatic heterocycles. The van der Waals surface area contributed by atoms with Crippen molar-refractivity contribution in [1.82, 2.24) is 9.80 Å². The van der Waals surface area contributed by atoms with E-state index >= 15 is 0 Å². The van der Waals surface area contributed by atoms with Gasteiger partial charge in [-0.05, 0) is 33.2 Å². The molecule has 2 fully saturated rings. The first-order valence-electron chi connectivity index (χ1n) is 5.82. The maximum absolute atomic E-state index is 11.9. The van der Waals surface area contributed by atoms with Crippen LogP contribution in [0.1, 0.15) is 26.2 Å². The second-order valence-corrected chi connectivity index (χ2v) is 4.67. The number of nitrogens with zero attached hydrogens (tertiary/aromatic N) is 2. The highest BCUT2D eigenvalue weighted by Crippen LogP contribution is 2.28. The third-order valence-electron chi connectivity index (χ3n) is 3.81. The van der Waals surface area contributed by atoms with E-state index in [1.54, 1.807) is 0 Å². The number of likely N-dealkylation sites (N-methyl/N-ethyl adjacent to an activating group) is 2. The lowest BCUT2D eigenvalue weighted by Gasteiger charge is -2.40. The van der Waals surface area contributed by atoms with Gasteiger partial charge < -0.3 is 10.0 Å². The van der Waals surface area contributed by atoms with E-state index in [4.69, 9.17) is 0 Å². The van der Waals surface area contributed by atoms with Crippen molar-refractivity contribution >= 4 is 5.91 Å². The van der Waals surface area contributed by atoms with Crippen LogP contribution in [0.15, 0.2) is 0 Å². The minimum absolute atomic E-state index is 0.0578. The van der Waals surface area contributed by atoms with Gasteiger partial charge in [0.1, 0.15) is 0 Å². The maximum Gasteiger partial charge on any atom is 0.239 e. The number of carbonyl (C=O) groups excluding carboxylic acids is 1. The Morgan fingerprint density at radius 1 is 1.53 bits per heavy atom. The summed E-state index contributed by atoms with van der Waals surface area (Å²) in [6, 6.07) is 0.466. The third-order valence-corrected chi connectivity index (χ3v) is 3.81. The van der Waals surface area contributed by atoms with Crippen molar-refractivity contribution in [3.8, 4) is 0 Å². The summed E-state index contributed by atoms with van der Waals surface area (Å²) in [6.07, 6.45) is 2.45. The van der Waals surface area contributed by atoms with Crippen LogP contribution < -0.4 is 0 Å². The zero-order valence-electron chi connectivity index (χ0n) is 9.52. The number of aliphatic hydroxyl groups excluding tert-OH is 1. The summed E-state index contributed by atoms with van der Waals surface area (Å²) >= 11 is 0. The molecule has 1 atom stereocenters. The zero-order chi connectivity index (χ0) is 11.0. The van der Waals surface area contributed by atoms with Crippen molar-refractivity contribution in [3.05, 3.63) is 0 Å². The average Bonchev–Trinajstić information content (AvgIpc) is 2.54. The van der Waals surface area contributed by atoms with Crippen molar-refractivity contribution in [1.29, 1.82) is 0 Å². The van der Waals surface area contributed by atoms with Crippen LogP contribution in [0, 0.1) is 0 Å². The number of likely N-dealkylation sites (tertiary alicyclic amines) is 1. The third kappa shape index (κ3) is 1.88. The fraction of sp³-hybridized carbons (Fsp3) is 0.909. The van der Waals surface area contributed by atoms with Gasteiger partial charge in [0.05, 0.1) is 12.1 Å². The Bertz CT molecular complexity index is 251. The molecule has 4 nitrogen and oxygen atoms in total. The molecule has 1 unspecified atom stereocenters. The van der Waals surface area contributed by atoms with Gasteiger partial charge in [0.2, 0.25) is 5.91 Å². The van der Waals surface area contributed by atoms with Crippen molar-refractivity contribution in [3.63, 3.8) is 0 Å². The molecule has 1 heterocycles. The molecule has 86 valence electrons. The normalized spacial score (nSPS) is 36.1. The molecule has 15 heavy (non-hydrogen) atoms. The van der Waals surface area contributed by atoms with Crippen LogP contribution >= 0.6 is 0 Å². The minimum atomic E-state index is -0.142. The van der Waals surface area contributed by atoms with Crippen LogP contribution in [0.5, 0.6) is 0 Å². The van der Waals surface area contributed by atoms with E-state index in [-0.39, 0.29) is 18.1 Å². The van der Waals surface area contributed by atoms with Crippen LogP contribution in [0.2, 0.25) is 0 Å². The smallest absolute Gasteiger partial charge is 0.239 e. The fourth-order valence-electron chi connectivity index (χ4n) is 2.56. The van der Waals surface area contributed by atoms with Gasteiger partial charge in [-0.15, -0.1) is 0 Å². The SMILES string of the molecule is CCN1CCC(N(C)C2CC(O)C2)C1=O. The Morgan fingerprint density at radius 3 is 2.67 bits per heavy atom. The van der Waals surface area contributed by atoms with Crippen LogP contribution in [0.4, 0.5) is 0 Å². The van der Waals surface area contributed by atoms with E-state index in [0.29, 0.717) is 6.04 Å². The van der Waals surface area contributed by atoms with Gasteiger partial charge in [-0.1, -0.05) is 0 Å². The van der Waals surface area contributed by atoms with Crippen LogP contribution in [-0.2, 0) is 4.79 Å². The molecular formula is C11H20N2O2. The van der Waals surface area contributed by atoms with Gasteiger partial charge in [-0.3, -0.25) is 9.69 Å². The number of carbonyl (C=O) groups is 1. The molecule has 0 aromatic heterocycles. The molecule has 0 aromatic rings. The summed E-state index contributed by atoms with van der Waals surface area (Å²) < 4.78 is 0. The van der Waals surface area contributed by atoms with Crippen molar-refractivity contribution in [2.75, 3.05) is 20.1 Å². The molecule has 1 amide bonds. The molecule has 1 saturated heterocycles. The average molecular weight is 212 g/mol. The maximum atomic E-state index is 11.9. The molecule has 0 radical (unpaired) electrons. The molecule has 1 saturated carbocycles. The number of aliphatic hydroxyl groups is 1. The lowest BCUT2D eigenvalue weighted by Crippen LogP contribution is -2.51. The molecule has 1 aliphatic carbocycles. The minimum Gasteiger partial charge on any atom is -0.393 e. The van der Waals surface area contributed by atoms with Crippen LogP contribution in [0.3, 0.4) is 0 Å². The second-order valence-electron chi connectivity index (χ2n) is 4.67. The first-order valence-corrected chi connectivity index (χ1v) is 5.82. The fourth-order valence-corrected chi connectivity index (χ4v) is 2.56. The summed E-state index contributed by atoms with van der Waals surface area (Å²) in [5.74, 6) is 0.265. The highest BCUT2D eigenvalue weighted by atomic mass is 16.3. The second kappa shape index (κ2) is 4.10. The standard InChI is InChI=1S/C11H20N2O2/c1-3-13-5-4-10(11(13)15)12(2)8-6-9(14)7-8/h8-10,14H,3-7H2,1-2H3. The molecular weight excluding hydrogens is 192 g/mol. The Labute approximate surface area is 90.9 Å². The number of rotatable bonds is 3. The van der Waals surface area contributed by atoms with Crippen molar-refractivity contribution in [2.24, 2.45) is 0 Å². The zero-order valence-corrected chi connectivity index (χ0v) is 9.52. The van der Waals surface area contributed by atoms with E-state index < -0.39 is 0 Å². The molecule has 0 aromatic carbocycles. The van der Waals surface area contributed by atoms with Gasteiger partial charge in [0, 0.05) is 19.1 Å². The van der Waals surface area contributed by atoms with Gasteiger partial charge in [-0.25, -0.2) is 0 Å². The predicted octanol–water partition coefficient (Wildman–Crippen LogP) is 0.0623. The highest BCUT2D eigenvalue weighted by molar-refractivity contribution is 5.83. The molecule has 1 N–H and O–H groups in total. The first-order chi connectivity index (χ1) is 7.13. The summed E-state index contributed by atoms with van der Waals surface area (Å²) in [7, 11) is 2.01. The number of amides is 1. The summed E-state index contributed by atoms with van der Waals surface area (Å²) in [4.78, 5) is 16.0. The van der Waals surface area contributed by atoms with Gasteiger partial charge in [0.15, 0.2) is 0 Å². The van der Waals surface area contributed by atoms with E-state index in [2.05, 4.69) is 4.90 Å². The van der Waals surface area contributed by atoms with E-state index in [1.165, 1.54) is 0 Å². The Morgan fingerprint density at radius 2 is 2.20 bits per heavy atom. The molecule has 0 spiro atoms. The van der Waals surface area contributed by atoms with E-state index in [0.717, 1.165) is 32.4 Å². The summed E-state index contributed by atoms with van der Waals surface area (Å²) in [6.45, 7) is 3.73. The molecule has 2 aliphatic rings. The Balaban J connectivity index is 1.91. The van der Waals surface area contributed by atoms with Gasteiger partial charge >= 0.3 is 0 Å². The summed E-state index contributed by atoms with van der Waals surface area (Å²) in [5.41, 5.74) is 0. The lowest BCUT2D eigenvalue weighted by molar-refractivity contribution is -0.133. The lowest BCUT2D eigenvalue weighted by atomic mass is 9.87. The quantitative estimate of drug-likeness (QED) is 0.719. The molecule has 4 heteroatoms. The largest absolute Gasteiger partial charge is 0.393 e. The molecule has 2 rings (SSSR count). The van der Waals surface area contributed by atoms with Crippen molar-refractivity contribution < 1.29 is 9.90 Å². The van der Waals surface area contributed by atoms with Crippen LogP contribution in [-0.4, -0.2) is 59.1 Å². The van der Waals surface area contributed by atoms with Crippen molar-refractivity contribution in [2.45, 2.75) is 44.4 Å². The number of hydrogen-bond acceptors (Lipinski definition) is 3. The first kappa shape index (κ1) is 10.9. The predicted molar refractivity (Wildman–Crippen MR) is 57.5 cm³/mol. The van der Waals surface area contributed by atoms with E-state index in [1.807, 2.05) is 18.9 Å². The Kier molecular flexibility index (Phi) is 2.98. The highest BCUT2D eigenvalue weighted by Gasteiger charge is 2.40. The topological polar surface area (TPSA) is 43.8 Å². The summed E-state index contributed by atoms with van der Waals surface area (Å²) in [5, 5.41) is 9.25. The molecule has 0 bridgehead atoms. The Hall–Kier alpha value is -0.610. The van der Waals surface area contributed by atoms with E-state index in [9.17, 15) is 9.90 Å². The van der Waals surface area contributed by atoms with Gasteiger partial charge in [-0.2, -0.15) is 0 Å². The van der Waals surface area contributed by atoms with Gasteiger partial charge in [0.25, 0.3) is 0 Å².